The van der Waals surface area contributed by atoms with Crippen molar-refractivity contribution in [2.24, 2.45) is 5.92 Å². The van der Waals surface area contributed by atoms with Crippen molar-refractivity contribution in [3.8, 4) is 5.88 Å². The normalized spacial score (nSPS) is 23.9. The molecule has 1 aromatic heterocycles. The van der Waals surface area contributed by atoms with E-state index >= 15 is 0 Å². The van der Waals surface area contributed by atoms with E-state index < -0.39 is 0 Å². The van der Waals surface area contributed by atoms with E-state index in [0.29, 0.717) is 22.5 Å². The molecule has 4 heteroatoms. The molecule has 1 fully saturated rings. The third-order valence-electron chi connectivity index (χ3n) is 3.68. The number of pyridine rings is 1. The van der Waals surface area contributed by atoms with Crippen molar-refractivity contribution in [3.05, 3.63) is 22.8 Å². The number of aliphatic hydroxyl groups excluding tert-OH is 1. The van der Waals surface area contributed by atoms with Gasteiger partial charge in [-0.2, -0.15) is 0 Å². The maximum Gasteiger partial charge on any atom is 0.213 e. The predicted molar refractivity (Wildman–Crippen MR) is 71.8 cm³/mol. The molecule has 0 bridgehead atoms. The summed E-state index contributed by atoms with van der Waals surface area (Å²) in [6, 6.07) is 3.52. The molecule has 1 N–H and O–H groups in total. The summed E-state index contributed by atoms with van der Waals surface area (Å²) in [4.78, 5) is 4.25. The second kappa shape index (κ2) is 6.39. The first kappa shape index (κ1) is 13.6. The Morgan fingerprint density at radius 1 is 1.39 bits per heavy atom. The Hall–Kier alpha value is -0.800. The highest BCUT2D eigenvalue weighted by molar-refractivity contribution is 6.31. The van der Waals surface area contributed by atoms with Crippen LogP contribution in [0.15, 0.2) is 12.1 Å². The molecule has 0 saturated heterocycles. The number of hydrogen-bond acceptors (Lipinski definition) is 3. The van der Waals surface area contributed by atoms with Gasteiger partial charge in [0.05, 0.1) is 17.3 Å². The summed E-state index contributed by atoms with van der Waals surface area (Å²) in [5.41, 5.74) is 0.484. The van der Waals surface area contributed by atoms with Gasteiger partial charge in [-0.05, 0) is 37.7 Å². The molecule has 0 aromatic carbocycles. The minimum atomic E-state index is -0.155. The smallest absolute Gasteiger partial charge is 0.213 e. The molecule has 0 spiro atoms. The Balaban J connectivity index is 2.07. The maximum atomic E-state index is 9.14. The Morgan fingerprint density at radius 2 is 2.17 bits per heavy atom. The van der Waals surface area contributed by atoms with E-state index in [1.807, 2.05) is 0 Å². The average molecular weight is 270 g/mol. The molecule has 18 heavy (non-hydrogen) atoms. The molecule has 2 unspecified atom stereocenters. The first-order valence-electron chi connectivity index (χ1n) is 6.67. The quantitative estimate of drug-likeness (QED) is 0.909. The van der Waals surface area contributed by atoms with Crippen molar-refractivity contribution in [3.63, 3.8) is 0 Å². The number of ether oxygens (including phenoxy) is 1. The van der Waals surface area contributed by atoms with E-state index in [9.17, 15) is 0 Å². The zero-order valence-corrected chi connectivity index (χ0v) is 11.5. The zero-order valence-electron chi connectivity index (χ0n) is 10.7. The highest BCUT2D eigenvalue weighted by Crippen LogP contribution is 2.30. The number of aromatic nitrogens is 1. The molecule has 2 atom stereocenters. The summed E-state index contributed by atoms with van der Waals surface area (Å²) in [6.07, 6.45) is 6.25. The van der Waals surface area contributed by atoms with Crippen LogP contribution in [-0.4, -0.2) is 16.2 Å². The number of aliphatic hydroxyl groups is 1. The van der Waals surface area contributed by atoms with E-state index in [1.165, 1.54) is 19.3 Å². The van der Waals surface area contributed by atoms with Crippen molar-refractivity contribution in [2.75, 3.05) is 0 Å². The fourth-order valence-corrected chi connectivity index (χ4v) is 2.76. The molecule has 2 rings (SSSR count). The van der Waals surface area contributed by atoms with Crippen molar-refractivity contribution >= 4 is 11.6 Å². The highest BCUT2D eigenvalue weighted by atomic mass is 35.5. The van der Waals surface area contributed by atoms with Crippen LogP contribution in [-0.2, 0) is 6.61 Å². The van der Waals surface area contributed by atoms with E-state index in [-0.39, 0.29) is 12.7 Å². The van der Waals surface area contributed by atoms with Crippen LogP contribution in [0.25, 0.3) is 0 Å². The molecule has 1 saturated carbocycles. The van der Waals surface area contributed by atoms with E-state index in [1.54, 1.807) is 12.1 Å². The van der Waals surface area contributed by atoms with Gasteiger partial charge in [-0.15, -0.1) is 0 Å². The van der Waals surface area contributed by atoms with Gasteiger partial charge in [0.25, 0.3) is 0 Å². The second-order valence-electron chi connectivity index (χ2n) is 4.85. The fourth-order valence-electron chi connectivity index (χ4n) is 2.59. The molecule has 1 aliphatic rings. The van der Waals surface area contributed by atoms with Gasteiger partial charge < -0.3 is 9.84 Å². The zero-order chi connectivity index (χ0) is 13.0. The Bertz CT molecular complexity index is 397. The molecule has 3 nitrogen and oxygen atoms in total. The van der Waals surface area contributed by atoms with Crippen LogP contribution in [0.2, 0.25) is 5.02 Å². The first-order valence-corrected chi connectivity index (χ1v) is 7.05. The van der Waals surface area contributed by atoms with Gasteiger partial charge in [-0.3, -0.25) is 0 Å². The van der Waals surface area contributed by atoms with Crippen LogP contribution in [0.5, 0.6) is 5.88 Å². The lowest BCUT2D eigenvalue weighted by Gasteiger charge is -2.30. The number of hydrogen-bond donors (Lipinski definition) is 1. The van der Waals surface area contributed by atoms with Gasteiger partial charge in [0.2, 0.25) is 5.88 Å². The maximum absolute atomic E-state index is 9.14. The summed E-state index contributed by atoms with van der Waals surface area (Å²) in [5.74, 6) is 1.20. The standard InChI is InChI=1S/C14H20ClNO2/c1-2-10-5-3-4-6-13(10)18-14-8-7-11(15)12(9-17)16-14/h7-8,10,13,17H,2-6,9H2,1H3. The molecule has 1 aromatic rings. The number of halogens is 1. The van der Waals surface area contributed by atoms with Gasteiger partial charge >= 0.3 is 0 Å². The minimum Gasteiger partial charge on any atom is -0.474 e. The van der Waals surface area contributed by atoms with E-state index in [2.05, 4.69) is 11.9 Å². The van der Waals surface area contributed by atoms with Crippen LogP contribution in [0.4, 0.5) is 0 Å². The van der Waals surface area contributed by atoms with Crippen molar-refractivity contribution < 1.29 is 9.84 Å². The predicted octanol–water partition coefficient (Wildman–Crippen LogP) is 3.57. The lowest BCUT2D eigenvalue weighted by atomic mass is 9.85. The fraction of sp³-hybridized carbons (Fsp3) is 0.643. The first-order chi connectivity index (χ1) is 8.74. The Kier molecular flexibility index (Phi) is 4.84. The van der Waals surface area contributed by atoms with Crippen molar-refractivity contribution in [1.29, 1.82) is 0 Å². The molecule has 1 heterocycles. The highest BCUT2D eigenvalue weighted by Gasteiger charge is 2.25. The monoisotopic (exact) mass is 269 g/mol. The summed E-state index contributed by atoms with van der Waals surface area (Å²) in [6.45, 7) is 2.05. The third-order valence-corrected chi connectivity index (χ3v) is 4.02. The third kappa shape index (κ3) is 3.15. The van der Waals surface area contributed by atoms with Gasteiger partial charge in [0.15, 0.2) is 0 Å². The minimum absolute atomic E-state index is 0.155. The summed E-state index contributed by atoms with van der Waals surface area (Å²) >= 11 is 5.92. The van der Waals surface area contributed by atoms with Crippen LogP contribution in [0.1, 0.15) is 44.7 Å². The SMILES string of the molecule is CCC1CCCCC1Oc1ccc(Cl)c(CO)n1. The number of nitrogens with zero attached hydrogens (tertiary/aromatic N) is 1. The van der Waals surface area contributed by atoms with Gasteiger partial charge in [-0.25, -0.2) is 4.98 Å². The molecule has 1 aliphatic carbocycles. The topological polar surface area (TPSA) is 42.4 Å². The summed E-state index contributed by atoms with van der Waals surface area (Å²) < 4.78 is 5.98. The van der Waals surface area contributed by atoms with Crippen molar-refractivity contribution in [2.45, 2.75) is 51.7 Å². The van der Waals surface area contributed by atoms with Gasteiger partial charge in [0.1, 0.15) is 6.10 Å². The summed E-state index contributed by atoms with van der Waals surface area (Å²) in [5, 5.41) is 9.63. The van der Waals surface area contributed by atoms with Gasteiger partial charge in [0, 0.05) is 6.07 Å². The molecule has 0 amide bonds. The van der Waals surface area contributed by atoms with Gasteiger partial charge in [-0.1, -0.05) is 24.9 Å². The van der Waals surface area contributed by atoms with Crippen LogP contribution in [0, 0.1) is 5.92 Å². The number of rotatable bonds is 4. The summed E-state index contributed by atoms with van der Waals surface area (Å²) in [7, 11) is 0. The lowest BCUT2D eigenvalue weighted by molar-refractivity contribution is 0.0853. The lowest BCUT2D eigenvalue weighted by Crippen LogP contribution is -2.30. The molecular weight excluding hydrogens is 250 g/mol. The molecule has 0 aliphatic heterocycles. The van der Waals surface area contributed by atoms with Crippen molar-refractivity contribution in [1.82, 2.24) is 4.98 Å². The second-order valence-corrected chi connectivity index (χ2v) is 5.25. The Labute approximate surface area is 113 Å². The molecular formula is C14H20ClNO2. The van der Waals surface area contributed by atoms with E-state index in [4.69, 9.17) is 21.4 Å². The average Bonchev–Trinajstić information content (AvgIpc) is 2.41. The van der Waals surface area contributed by atoms with E-state index in [0.717, 1.165) is 12.8 Å². The van der Waals surface area contributed by atoms with Crippen LogP contribution < -0.4 is 4.74 Å². The van der Waals surface area contributed by atoms with Crippen LogP contribution >= 0.6 is 11.6 Å². The molecule has 0 radical (unpaired) electrons. The van der Waals surface area contributed by atoms with Crippen LogP contribution in [0.3, 0.4) is 0 Å². The largest absolute Gasteiger partial charge is 0.474 e. The Morgan fingerprint density at radius 3 is 2.89 bits per heavy atom. The molecule has 100 valence electrons.